The Morgan fingerprint density at radius 2 is 2.14 bits per heavy atom. The van der Waals surface area contributed by atoms with Crippen LogP contribution < -0.4 is 0 Å². The molecule has 0 aliphatic carbocycles. The van der Waals surface area contributed by atoms with Gasteiger partial charge in [-0.2, -0.15) is 0 Å². The van der Waals surface area contributed by atoms with Crippen LogP contribution in [-0.4, -0.2) is 24.3 Å². The molecule has 0 rings (SSSR count). The number of esters is 1. The van der Waals surface area contributed by atoms with Gasteiger partial charge in [-0.3, -0.25) is 0 Å². The molecule has 80 valence electrons. The fourth-order valence-corrected chi connectivity index (χ4v) is 1.03. The van der Waals surface area contributed by atoms with Crippen molar-refractivity contribution in [2.75, 3.05) is 7.11 Å². The van der Waals surface area contributed by atoms with Crippen molar-refractivity contribution in [1.29, 1.82) is 0 Å². The van der Waals surface area contributed by atoms with E-state index in [4.69, 9.17) is 0 Å². The molecule has 14 heavy (non-hydrogen) atoms. The molecule has 0 aromatic heterocycles. The lowest BCUT2D eigenvalue weighted by molar-refractivity contribution is -0.133. The molecule has 0 aliphatic rings. The van der Waals surface area contributed by atoms with Crippen molar-refractivity contribution in [3.05, 3.63) is 0 Å². The third kappa shape index (κ3) is 7.63. The highest BCUT2D eigenvalue weighted by Gasteiger charge is 1.99. The van der Waals surface area contributed by atoms with Crippen molar-refractivity contribution in [3.8, 4) is 11.8 Å². The molecule has 1 N–H and O–H groups in total. The number of carbonyl (C=O) groups is 1. The van der Waals surface area contributed by atoms with Gasteiger partial charge >= 0.3 is 5.97 Å². The van der Waals surface area contributed by atoms with Crippen molar-refractivity contribution < 1.29 is 14.6 Å². The summed E-state index contributed by atoms with van der Waals surface area (Å²) in [4.78, 5) is 10.6. The van der Waals surface area contributed by atoms with Gasteiger partial charge in [0.05, 0.1) is 7.11 Å². The standard InChI is InChI=1S/C11H18O3/c1-3-4-5-6-7-10(12)8-9-11(13)14-2/h10,12H,3-7H2,1-2H3/t10-/m1/s1. The summed E-state index contributed by atoms with van der Waals surface area (Å²) in [5.74, 6) is 4.05. The number of hydrogen-bond donors (Lipinski definition) is 1. The fourth-order valence-electron chi connectivity index (χ4n) is 1.03. The van der Waals surface area contributed by atoms with Gasteiger partial charge in [0.1, 0.15) is 6.10 Å². The van der Waals surface area contributed by atoms with E-state index in [1.807, 2.05) is 0 Å². The van der Waals surface area contributed by atoms with E-state index in [1.54, 1.807) is 0 Å². The largest absolute Gasteiger partial charge is 0.459 e. The van der Waals surface area contributed by atoms with E-state index in [1.165, 1.54) is 20.0 Å². The predicted octanol–water partition coefficient (Wildman–Crippen LogP) is 1.49. The van der Waals surface area contributed by atoms with Crippen LogP contribution >= 0.6 is 0 Å². The molecule has 0 aromatic carbocycles. The number of aliphatic hydroxyl groups excluding tert-OH is 1. The van der Waals surface area contributed by atoms with Gasteiger partial charge in [0.2, 0.25) is 0 Å². The van der Waals surface area contributed by atoms with Crippen LogP contribution in [0, 0.1) is 11.8 Å². The predicted molar refractivity (Wildman–Crippen MR) is 54.6 cm³/mol. The normalized spacial score (nSPS) is 11.4. The first kappa shape index (κ1) is 13.0. The summed E-state index contributed by atoms with van der Waals surface area (Å²) < 4.78 is 4.32. The second-order valence-corrected chi connectivity index (χ2v) is 3.13. The van der Waals surface area contributed by atoms with Crippen LogP contribution in [0.3, 0.4) is 0 Å². The Morgan fingerprint density at radius 1 is 1.43 bits per heavy atom. The van der Waals surface area contributed by atoms with Crippen LogP contribution in [0.25, 0.3) is 0 Å². The topological polar surface area (TPSA) is 46.5 Å². The zero-order valence-corrected chi connectivity index (χ0v) is 8.88. The first-order chi connectivity index (χ1) is 6.70. The Balaban J connectivity index is 3.57. The van der Waals surface area contributed by atoms with Crippen molar-refractivity contribution in [2.45, 2.75) is 45.1 Å². The van der Waals surface area contributed by atoms with E-state index in [9.17, 15) is 9.90 Å². The average molecular weight is 198 g/mol. The van der Waals surface area contributed by atoms with E-state index in [0.29, 0.717) is 6.42 Å². The van der Waals surface area contributed by atoms with Crippen molar-refractivity contribution in [3.63, 3.8) is 0 Å². The second kappa shape index (κ2) is 8.58. The van der Waals surface area contributed by atoms with Gasteiger partial charge in [0.15, 0.2) is 0 Å². The Kier molecular flexibility index (Phi) is 7.96. The zero-order valence-electron chi connectivity index (χ0n) is 8.88. The summed E-state index contributed by atoms with van der Waals surface area (Å²) >= 11 is 0. The molecule has 1 atom stereocenters. The lowest BCUT2D eigenvalue weighted by atomic mass is 10.1. The van der Waals surface area contributed by atoms with Crippen LogP contribution in [0.1, 0.15) is 39.0 Å². The van der Waals surface area contributed by atoms with E-state index >= 15 is 0 Å². The number of hydrogen-bond acceptors (Lipinski definition) is 3. The summed E-state index contributed by atoms with van der Waals surface area (Å²) in [7, 11) is 1.27. The molecule has 0 spiro atoms. The minimum Gasteiger partial charge on any atom is -0.459 e. The van der Waals surface area contributed by atoms with Crippen LogP contribution in [-0.2, 0) is 9.53 Å². The number of carbonyl (C=O) groups excluding carboxylic acids is 1. The molecule has 0 bridgehead atoms. The maximum atomic E-state index is 10.6. The minimum atomic E-state index is -0.703. The summed E-state index contributed by atoms with van der Waals surface area (Å²) in [5, 5.41) is 9.31. The van der Waals surface area contributed by atoms with Gasteiger partial charge in [0, 0.05) is 5.92 Å². The molecule has 0 radical (unpaired) electrons. The number of aliphatic hydroxyl groups is 1. The molecule has 3 nitrogen and oxygen atoms in total. The van der Waals surface area contributed by atoms with Gasteiger partial charge in [-0.15, -0.1) is 0 Å². The van der Waals surface area contributed by atoms with Crippen molar-refractivity contribution in [1.82, 2.24) is 0 Å². The van der Waals surface area contributed by atoms with E-state index in [2.05, 4.69) is 23.5 Å². The number of rotatable bonds is 5. The third-order valence-electron chi connectivity index (χ3n) is 1.86. The lowest BCUT2D eigenvalue weighted by Crippen LogP contribution is -2.04. The molecular formula is C11H18O3. The molecule has 0 unspecified atom stereocenters. The molecule has 0 fully saturated rings. The van der Waals surface area contributed by atoms with Crippen LogP contribution in [0.4, 0.5) is 0 Å². The smallest absolute Gasteiger partial charge is 0.384 e. The average Bonchev–Trinajstić information content (AvgIpc) is 2.21. The van der Waals surface area contributed by atoms with Crippen molar-refractivity contribution >= 4 is 5.97 Å². The van der Waals surface area contributed by atoms with Gasteiger partial charge in [-0.25, -0.2) is 4.79 Å². The molecule has 0 heterocycles. The monoisotopic (exact) mass is 198 g/mol. The fraction of sp³-hybridized carbons (Fsp3) is 0.727. The second-order valence-electron chi connectivity index (χ2n) is 3.13. The van der Waals surface area contributed by atoms with Gasteiger partial charge in [-0.1, -0.05) is 32.1 Å². The van der Waals surface area contributed by atoms with E-state index < -0.39 is 12.1 Å². The van der Waals surface area contributed by atoms with E-state index in [-0.39, 0.29) is 0 Å². The number of methoxy groups -OCH3 is 1. The Morgan fingerprint density at radius 3 is 2.71 bits per heavy atom. The summed E-state index contributed by atoms with van der Waals surface area (Å²) in [5.41, 5.74) is 0. The maximum absolute atomic E-state index is 10.6. The van der Waals surface area contributed by atoms with Gasteiger partial charge in [0.25, 0.3) is 0 Å². The van der Waals surface area contributed by atoms with E-state index in [0.717, 1.165) is 12.8 Å². The third-order valence-corrected chi connectivity index (χ3v) is 1.86. The van der Waals surface area contributed by atoms with Crippen LogP contribution in [0.15, 0.2) is 0 Å². The molecule has 0 saturated carbocycles. The van der Waals surface area contributed by atoms with Crippen LogP contribution in [0.5, 0.6) is 0 Å². The first-order valence-electron chi connectivity index (χ1n) is 4.98. The van der Waals surface area contributed by atoms with Gasteiger partial charge in [-0.05, 0) is 12.8 Å². The molecule has 0 aromatic rings. The summed E-state index contributed by atoms with van der Waals surface area (Å²) in [6.45, 7) is 2.13. The quantitative estimate of drug-likeness (QED) is 0.315. The molecule has 3 heteroatoms. The number of ether oxygens (including phenoxy) is 1. The summed E-state index contributed by atoms with van der Waals surface area (Å²) in [6, 6.07) is 0. The molecular weight excluding hydrogens is 180 g/mol. The zero-order chi connectivity index (χ0) is 10.8. The minimum absolute atomic E-state index is 0.599. The first-order valence-corrected chi connectivity index (χ1v) is 4.98. The Hall–Kier alpha value is -1.01. The lowest BCUT2D eigenvalue weighted by Gasteiger charge is -2.01. The summed E-state index contributed by atoms with van der Waals surface area (Å²) in [6.07, 6.45) is 4.33. The SMILES string of the molecule is CCCCCC[C@@H](O)C#CC(=O)OC. The maximum Gasteiger partial charge on any atom is 0.384 e. The van der Waals surface area contributed by atoms with Crippen LogP contribution in [0.2, 0.25) is 0 Å². The molecule has 0 saturated heterocycles. The highest BCUT2D eigenvalue weighted by Crippen LogP contribution is 2.04. The highest BCUT2D eigenvalue weighted by atomic mass is 16.5. The van der Waals surface area contributed by atoms with Gasteiger partial charge < -0.3 is 9.84 Å². The van der Waals surface area contributed by atoms with Crippen molar-refractivity contribution in [2.24, 2.45) is 0 Å². The Bertz CT molecular complexity index is 212. The molecule has 0 amide bonds. The number of unbranched alkanes of at least 4 members (excludes halogenated alkanes) is 3. The highest BCUT2D eigenvalue weighted by molar-refractivity contribution is 5.88. The molecule has 0 aliphatic heterocycles. The Labute approximate surface area is 85.5 Å².